The Hall–Kier alpha value is -1.20. The number of nitriles is 1. The van der Waals surface area contributed by atoms with Crippen LogP contribution in [0.25, 0.3) is 0 Å². The Morgan fingerprint density at radius 1 is 1.56 bits per heavy atom. The van der Waals surface area contributed by atoms with Crippen molar-refractivity contribution in [2.45, 2.75) is 20.8 Å². The Balaban J connectivity index is 4.61. The Bertz CT molecular complexity index is 398. The van der Waals surface area contributed by atoms with Gasteiger partial charge in [0.2, 0.25) is 0 Å². The van der Waals surface area contributed by atoms with Crippen LogP contribution in [0, 0.1) is 23.2 Å². The summed E-state index contributed by atoms with van der Waals surface area (Å²) in [7, 11) is -1.10. The van der Waals surface area contributed by atoms with Crippen LogP contribution in [-0.4, -0.2) is 18.7 Å². The first-order valence-corrected chi connectivity index (χ1v) is 5.04. The molecule has 0 radical (unpaired) electrons. The second kappa shape index (κ2) is 8.02. The highest BCUT2D eigenvalue weighted by atomic mass is 35.5. The molecule has 0 fully saturated rings. The van der Waals surface area contributed by atoms with Crippen molar-refractivity contribution < 1.29 is 9.68 Å². The van der Waals surface area contributed by atoms with Crippen molar-refractivity contribution in [3.63, 3.8) is 0 Å². The molecule has 0 unspecified atom stereocenters. The average Bonchev–Trinajstić information content (AvgIpc) is 2.27. The van der Waals surface area contributed by atoms with Gasteiger partial charge in [0.25, 0.3) is 0 Å². The lowest BCUT2D eigenvalue weighted by atomic mass is 9.79. The number of nitrogens with zero attached hydrogens (tertiary/aromatic N) is 1. The van der Waals surface area contributed by atoms with Gasteiger partial charge in [-0.2, -0.15) is 5.26 Å². The molecule has 0 aliphatic heterocycles. The maximum absolute atomic E-state index is 9.56. The molecule has 16 heavy (non-hydrogen) atoms. The van der Waals surface area contributed by atoms with E-state index in [2.05, 4.69) is 11.8 Å². The van der Waals surface area contributed by atoms with E-state index in [1.54, 1.807) is 20.8 Å². The molecular formula is C11H13BClNO2. The molecule has 0 saturated heterocycles. The lowest BCUT2D eigenvalue weighted by Crippen LogP contribution is -2.20. The van der Waals surface area contributed by atoms with Crippen LogP contribution >= 0.6 is 11.6 Å². The van der Waals surface area contributed by atoms with E-state index in [1.807, 2.05) is 6.07 Å². The van der Waals surface area contributed by atoms with Crippen molar-refractivity contribution in [3.8, 4) is 17.9 Å². The number of rotatable bonds is 4. The van der Waals surface area contributed by atoms with Gasteiger partial charge >= 0.3 is 7.12 Å². The lowest BCUT2D eigenvalue weighted by molar-refractivity contribution is 0.305. The molecule has 0 spiro atoms. The normalized spacial score (nSPS) is 12.1. The van der Waals surface area contributed by atoms with Crippen molar-refractivity contribution >= 4 is 18.7 Å². The summed E-state index contributed by atoms with van der Waals surface area (Å²) in [6, 6.07) is 1.94. The third kappa shape index (κ3) is 5.63. The van der Waals surface area contributed by atoms with Crippen molar-refractivity contribution in [2.24, 2.45) is 0 Å². The van der Waals surface area contributed by atoms with E-state index in [0.717, 1.165) is 0 Å². The van der Waals surface area contributed by atoms with Crippen LogP contribution in [-0.2, 0) is 4.65 Å². The van der Waals surface area contributed by atoms with Crippen molar-refractivity contribution in [2.75, 3.05) is 6.61 Å². The van der Waals surface area contributed by atoms with Crippen LogP contribution in [0.4, 0.5) is 0 Å². The smallest absolute Gasteiger partial charge is 0.423 e. The van der Waals surface area contributed by atoms with Crippen molar-refractivity contribution in [1.82, 2.24) is 0 Å². The Kier molecular flexibility index (Phi) is 7.42. The molecule has 0 aliphatic rings. The van der Waals surface area contributed by atoms with Gasteiger partial charge in [0.1, 0.15) is 0 Å². The largest absolute Gasteiger partial charge is 0.488 e. The van der Waals surface area contributed by atoms with E-state index >= 15 is 0 Å². The minimum absolute atomic E-state index is 0.139. The first-order valence-electron chi connectivity index (χ1n) is 4.66. The average molecular weight is 237 g/mol. The fourth-order valence-corrected chi connectivity index (χ4v) is 1.03. The minimum atomic E-state index is -1.10. The Morgan fingerprint density at radius 3 is 2.69 bits per heavy atom. The number of halogens is 1. The van der Waals surface area contributed by atoms with Gasteiger partial charge in [-0.25, -0.2) is 0 Å². The van der Waals surface area contributed by atoms with Gasteiger partial charge in [0, 0.05) is 10.6 Å². The van der Waals surface area contributed by atoms with Gasteiger partial charge in [-0.05, 0) is 32.3 Å². The molecule has 0 aromatic carbocycles. The molecule has 0 aliphatic carbocycles. The van der Waals surface area contributed by atoms with Crippen LogP contribution in [0.1, 0.15) is 20.8 Å². The van der Waals surface area contributed by atoms with Crippen molar-refractivity contribution in [3.05, 3.63) is 22.2 Å². The zero-order valence-corrected chi connectivity index (χ0v) is 10.3. The zero-order chi connectivity index (χ0) is 12.6. The van der Waals surface area contributed by atoms with Gasteiger partial charge < -0.3 is 9.68 Å². The predicted octanol–water partition coefficient (Wildman–Crippen LogP) is 2.03. The van der Waals surface area contributed by atoms with Gasteiger partial charge in [-0.3, -0.25) is 0 Å². The third-order valence-electron chi connectivity index (χ3n) is 1.76. The van der Waals surface area contributed by atoms with Gasteiger partial charge in [-0.1, -0.05) is 17.5 Å². The van der Waals surface area contributed by atoms with Crippen LogP contribution in [0.3, 0.4) is 0 Å². The summed E-state index contributed by atoms with van der Waals surface area (Å²) >= 11 is 5.89. The number of allylic oxidation sites excluding steroid dienone is 4. The third-order valence-corrected chi connectivity index (χ3v) is 2.16. The van der Waals surface area contributed by atoms with Crippen molar-refractivity contribution in [1.29, 1.82) is 5.26 Å². The Labute approximate surface area is 102 Å². The van der Waals surface area contributed by atoms with E-state index in [-0.39, 0.29) is 6.61 Å². The summed E-state index contributed by atoms with van der Waals surface area (Å²) in [4.78, 5) is 0. The molecule has 0 rings (SSSR count). The molecule has 0 saturated carbocycles. The van der Waals surface area contributed by atoms with E-state index in [4.69, 9.17) is 21.5 Å². The van der Waals surface area contributed by atoms with Crippen LogP contribution in [0.5, 0.6) is 0 Å². The summed E-state index contributed by atoms with van der Waals surface area (Å²) in [5, 5.41) is 18.4. The van der Waals surface area contributed by atoms with Crippen LogP contribution in [0.15, 0.2) is 22.2 Å². The maximum Gasteiger partial charge on any atom is 0.488 e. The highest BCUT2D eigenvalue weighted by Gasteiger charge is 2.17. The minimum Gasteiger partial charge on any atom is -0.423 e. The van der Waals surface area contributed by atoms with E-state index in [0.29, 0.717) is 16.1 Å². The highest BCUT2D eigenvalue weighted by Crippen LogP contribution is 2.15. The molecule has 0 atom stereocenters. The zero-order valence-electron chi connectivity index (χ0n) is 9.54. The summed E-state index contributed by atoms with van der Waals surface area (Å²) in [6.07, 6.45) is 1.48. The van der Waals surface area contributed by atoms with Crippen LogP contribution < -0.4 is 0 Å². The molecule has 5 heteroatoms. The fraction of sp³-hybridized carbons (Fsp3) is 0.364. The number of hydrogen-bond donors (Lipinski definition) is 1. The molecule has 3 nitrogen and oxygen atoms in total. The topological polar surface area (TPSA) is 53.2 Å². The van der Waals surface area contributed by atoms with E-state index in [9.17, 15) is 5.02 Å². The summed E-state index contributed by atoms with van der Waals surface area (Å²) < 4.78 is 5.01. The second-order valence-corrected chi connectivity index (χ2v) is 3.47. The number of hydrogen-bond acceptors (Lipinski definition) is 3. The molecule has 0 bridgehead atoms. The van der Waals surface area contributed by atoms with Gasteiger partial charge in [0.15, 0.2) is 0 Å². The lowest BCUT2D eigenvalue weighted by Gasteiger charge is -2.06. The van der Waals surface area contributed by atoms with Gasteiger partial charge in [-0.15, -0.1) is 5.92 Å². The summed E-state index contributed by atoms with van der Waals surface area (Å²) in [5.74, 6) is 5.30. The first-order chi connectivity index (χ1) is 7.52. The predicted molar refractivity (Wildman–Crippen MR) is 65.3 cm³/mol. The highest BCUT2D eigenvalue weighted by molar-refractivity contribution is 6.55. The first kappa shape index (κ1) is 14.8. The monoisotopic (exact) mass is 237 g/mol. The standard InChI is InChI=1S/C11H13BClNO2/c1-4-5-6-16-12(15)10(3)11(13)7-9(2)8-14/h7,15H,6H2,1-3H3/b9-7+,11-10-. The maximum atomic E-state index is 9.56. The van der Waals surface area contributed by atoms with E-state index < -0.39 is 7.12 Å². The van der Waals surface area contributed by atoms with E-state index in [1.165, 1.54) is 6.08 Å². The second-order valence-electron chi connectivity index (χ2n) is 3.06. The van der Waals surface area contributed by atoms with Crippen LogP contribution in [0.2, 0.25) is 0 Å². The van der Waals surface area contributed by atoms with Gasteiger partial charge in [0.05, 0.1) is 12.7 Å². The molecule has 84 valence electrons. The molecule has 0 heterocycles. The molecule has 1 N–H and O–H groups in total. The summed E-state index contributed by atoms with van der Waals surface area (Å²) in [6.45, 7) is 5.09. The molecule has 0 aromatic heterocycles. The molecule has 0 aromatic rings. The quantitative estimate of drug-likeness (QED) is 0.352. The molecular weight excluding hydrogens is 224 g/mol. The fourth-order valence-electron chi connectivity index (χ4n) is 0.772. The summed E-state index contributed by atoms with van der Waals surface area (Å²) in [5.41, 5.74) is 0.916. The Morgan fingerprint density at radius 2 is 2.19 bits per heavy atom. The SMILES string of the molecule is CC#CCOB(O)/C(C)=C(Cl)/C=C(\C)C#N. The molecule has 0 amide bonds.